The third kappa shape index (κ3) is 4.62. The van der Waals surface area contributed by atoms with E-state index in [2.05, 4.69) is 4.74 Å². The zero-order valence-electron chi connectivity index (χ0n) is 8.75. The summed E-state index contributed by atoms with van der Waals surface area (Å²) < 4.78 is 44.4. The molecule has 0 spiro atoms. The Morgan fingerprint density at radius 2 is 1.88 bits per heavy atom. The molecule has 0 aliphatic rings. The summed E-state index contributed by atoms with van der Waals surface area (Å²) in [5.74, 6) is -1.56. The number of hydrogen-bond acceptors (Lipinski definition) is 3. The monoisotopic (exact) mass is 250 g/mol. The molecule has 1 aromatic carbocycles. The number of methoxy groups -OCH3 is 1. The summed E-state index contributed by atoms with van der Waals surface area (Å²) in [4.78, 5) is 10.5. The van der Waals surface area contributed by atoms with Gasteiger partial charge in [0, 0.05) is 6.07 Å². The number of ether oxygens (including phenoxy) is 2. The summed E-state index contributed by atoms with van der Waals surface area (Å²) in [6.07, 6.45) is -5.24. The molecule has 0 bridgehead atoms. The van der Waals surface area contributed by atoms with Crippen LogP contribution in [0.3, 0.4) is 0 Å². The summed E-state index contributed by atoms with van der Waals surface area (Å²) in [5.41, 5.74) is 0.163. The number of benzene rings is 1. The molecule has 94 valence electrons. The van der Waals surface area contributed by atoms with Gasteiger partial charge in [0.1, 0.15) is 11.5 Å². The first-order chi connectivity index (χ1) is 7.80. The number of hydrogen-bond donors (Lipinski definition) is 1. The molecular weight excluding hydrogens is 241 g/mol. The van der Waals surface area contributed by atoms with E-state index in [1.807, 2.05) is 0 Å². The minimum Gasteiger partial charge on any atom is -0.497 e. The van der Waals surface area contributed by atoms with Gasteiger partial charge in [0.15, 0.2) is 0 Å². The number of rotatable bonds is 4. The van der Waals surface area contributed by atoms with Gasteiger partial charge >= 0.3 is 12.3 Å². The van der Waals surface area contributed by atoms with E-state index in [1.165, 1.54) is 13.2 Å². The fourth-order valence-electron chi connectivity index (χ4n) is 1.22. The molecule has 0 amide bonds. The Kier molecular flexibility index (Phi) is 3.82. The lowest BCUT2D eigenvalue weighted by molar-refractivity contribution is -0.274. The summed E-state index contributed by atoms with van der Waals surface area (Å²) in [7, 11) is 1.26. The van der Waals surface area contributed by atoms with E-state index in [0.717, 1.165) is 12.1 Å². The molecule has 7 heteroatoms. The topological polar surface area (TPSA) is 55.8 Å². The van der Waals surface area contributed by atoms with E-state index in [-0.39, 0.29) is 11.3 Å². The first kappa shape index (κ1) is 13.1. The third-order valence-corrected chi connectivity index (χ3v) is 1.76. The number of halogens is 3. The van der Waals surface area contributed by atoms with Gasteiger partial charge in [-0.3, -0.25) is 4.79 Å². The van der Waals surface area contributed by atoms with Crippen LogP contribution in [0.1, 0.15) is 5.56 Å². The number of aliphatic carboxylic acids is 1. The fraction of sp³-hybridized carbons (Fsp3) is 0.300. The van der Waals surface area contributed by atoms with Crippen LogP contribution < -0.4 is 9.47 Å². The second-order valence-electron chi connectivity index (χ2n) is 3.14. The van der Waals surface area contributed by atoms with E-state index in [4.69, 9.17) is 9.84 Å². The molecule has 0 saturated carbocycles. The Morgan fingerprint density at radius 3 is 2.35 bits per heavy atom. The summed E-state index contributed by atoms with van der Waals surface area (Å²) in [6.45, 7) is 0. The minimum absolute atomic E-state index is 0.100. The number of carboxylic acid groups (broad SMARTS) is 1. The second-order valence-corrected chi connectivity index (χ2v) is 3.14. The van der Waals surface area contributed by atoms with Crippen LogP contribution in [0.15, 0.2) is 18.2 Å². The summed E-state index contributed by atoms with van der Waals surface area (Å²) in [5, 5.41) is 8.55. The molecule has 0 aromatic heterocycles. The number of alkyl halides is 3. The van der Waals surface area contributed by atoms with Gasteiger partial charge in [0.25, 0.3) is 0 Å². The average Bonchev–Trinajstić information content (AvgIpc) is 2.13. The zero-order chi connectivity index (χ0) is 13.1. The van der Waals surface area contributed by atoms with Gasteiger partial charge in [-0.25, -0.2) is 0 Å². The molecular formula is C10H9F3O4. The van der Waals surface area contributed by atoms with Crippen molar-refractivity contribution in [2.24, 2.45) is 0 Å². The highest BCUT2D eigenvalue weighted by Crippen LogP contribution is 2.28. The van der Waals surface area contributed by atoms with Crippen LogP contribution in [0.4, 0.5) is 13.2 Å². The Balaban J connectivity index is 3.00. The molecule has 0 saturated heterocycles. The first-order valence-corrected chi connectivity index (χ1v) is 4.45. The molecule has 0 unspecified atom stereocenters. The van der Waals surface area contributed by atoms with E-state index in [0.29, 0.717) is 0 Å². The van der Waals surface area contributed by atoms with Crippen molar-refractivity contribution in [3.8, 4) is 11.5 Å². The van der Waals surface area contributed by atoms with Crippen LogP contribution in [0, 0.1) is 0 Å². The van der Waals surface area contributed by atoms with Gasteiger partial charge in [-0.05, 0) is 17.7 Å². The standard InChI is InChI=1S/C10H9F3O4/c1-16-7-2-6(4-9(14)15)3-8(5-7)17-10(11,12)13/h2-3,5H,4H2,1H3,(H,14,15). The lowest BCUT2D eigenvalue weighted by Crippen LogP contribution is -2.17. The SMILES string of the molecule is COc1cc(CC(=O)O)cc(OC(F)(F)F)c1. The van der Waals surface area contributed by atoms with Crippen molar-refractivity contribution in [3.05, 3.63) is 23.8 Å². The van der Waals surface area contributed by atoms with Gasteiger partial charge in [-0.2, -0.15) is 0 Å². The van der Waals surface area contributed by atoms with Gasteiger partial charge in [0.2, 0.25) is 0 Å². The molecule has 0 radical (unpaired) electrons. The lowest BCUT2D eigenvalue weighted by Gasteiger charge is -2.11. The van der Waals surface area contributed by atoms with Crippen LogP contribution in [0.2, 0.25) is 0 Å². The van der Waals surface area contributed by atoms with Gasteiger partial charge in [-0.1, -0.05) is 0 Å². The first-order valence-electron chi connectivity index (χ1n) is 4.45. The van der Waals surface area contributed by atoms with Crippen molar-refractivity contribution in [1.82, 2.24) is 0 Å². The maximum absolute atomic E-state index is 12.0. The summed E-state index contributed by atoms with van der Waals surface area (Å²) >= 11 is 0. The van der Waals surface area contributed by atoms with Crippen molar-refractivity contribution in [3.63, 3.8) is 0 Å². The van der Waals surface area contributed by atoms with Crippen molar-refractivity contribution < 1.29 is 32.5 Å². The van der Waals surface area contributed by atoms with Gasteiger partial charge in [0.05, 0.1) is 13.5 Å². The molecule has 1 N–H and O–H groups in total. The Bertz CT molecular complexity index is 415. The van der Waals surface area contributed by atoms with E-state index in [9.17, 15) is 18.0 Å². The lowest BCUT2D eigenvalue weighted by atomic mass is 10.1. The highest BCUT2D eigenvalue weighted by molar-refractivity contribution is 5.70. The van der Waals surface area contributed by atoms with Crippen LogP contribution in [-0.4, -0.2) is 24.5 Å². The molecule has 17 heavy (non-hydrogen) atoms. The van der Waals surface area contributed by atoms with Crippen LogP contribution in [0.5, 0.6) is 11.5 Å². The Hall–Kier alpha value is -1.92. The Morgan fingerprint density at radius 1 is 1.29 bits per heavy atom. The van der Waals surface area contributed by atoms with Gasteiger partial charge < -0.3 is 14.6 Å². The average molecular weight is 250 g/mol. The van der Waals surface area contributed by atoms with Crippen molar-refractivity contribution in [2.75, 3.05) is 7.11 Å². The molecule has 1 aromatic rings. The van der Waals surface area contributed by atoms with E-state index in [1.54, 1.807) is 0 Å². The minimum atomic E-state index is -4.83. The highest BCUT2D eigenvalue weighted by Gasteiger charge is 2.31. The molecule has 1 rings (SSSR count). The normalized spacial score (nSPS) is 11.1. The van der Waals surface area contributed by atoms with Crippen LogP contribution >= 0.6 is 0 Å². The van der Waals surface area contributed by atoms with Crippen molar-refractivity contribution >= 4 is 5.97 Å². The zero-order valence-corrected chi connectivity index (χ0v) is 8.75. The largest absolute Gasteiger partial charge is 0.573 e. The molecule has 0 fully saturated rings. The van der Waals surface area contributed by atoms with E-state index < -0.39 is 24.5 Å². The van der Waals surface area contributed by atoms with Crippen LogP contribution in [0.25, 0.3) is 0 Å². The molecule has 4 nitrogen and oxygen atoms in total. The van der Waals surface area contributed by atoms with Crippen molar-refractivity contribution in [2.45, 2.75) is 12.8 Å². The Labute approximate surface area is 94.6 Å². The van der Waals surface area contributed by atoms with Crippen molar-refractivity contribution in [1.29, 1.82) is 0 Å². The maximum Gasteiger partial charge on any atom is 0.573 e. The third-order valence-electron chi connectivity index (χ3n) is 1.76. The molecule has 0 aliphatic carbocycles. The smallest absolute Gasteiger partial charge is 0.497 e. The number of carboxylic acids is 1. The fourth-order valence-corrected chi connectivity index (χ4v) is 1.22. The predicted molar refractivity (Wildman–Crippen MR) is 51.0 cm³/mol. The quantitative estimate of drug-likeness (QED) is 0.890. The maximum atomic E-state index is 12.0. The summed E-state index contributed by atoms with van der Waals surface area (Å²) in [6, 6.07) is 3.36. The van der Waals surface area contributed by atoms with E-state index >= 15 is 0 Å². The highest BCUT2D eigenvalue weighted by atomic mass is 19.4. The van der Waals surface area contributed by atoms with Gasteiger partial charge in [-0.15, -0.1) is 13.2 Å². The predicted octanol–water partition coefficient (Wildman–Crippen LogP) is 2.22. The number of carbonyl (C=O) groups is 1. The molecule has 0 atom stereocenters. The van der Waals surface area contributed by atoms with Crippen LogP contribution in [-0.2, 0) is 11.2 Å². The second kappa shape index (κ2) is 4.94. The molecule has 0 aliphatic heterocycles. The molecule has 0 heterocycles.